The first-order valence-corrected chi connectivity index (χ1v) is 7.53. The number of benzene rings is 1. The van der Waals surface area contributed by atoms with Gasteiger partial charge in [0, 0.05) is 12.0 Å². The molecule has 0 fully saturated rings. The number of hydrogen-bond acceptors (Lipinski definition) is 3. The average Bonchev–Trinajstić information content (AvgIpc) is 2.99. The maximum Gasteiger partial charge on any atom is 0.246 e. The number of aryl methyl sites for hydroxylation is 1. The second kappa shape index (κ2) is 7.22. The Morgan fingerprint density at radius 2 is 2.05 bits per heavy atom. The zero-order valence-corrected chi connectivity index (χ0v) is 12.6. The number of carbonyl (C=O) groups excluding carboxylic acids is 1. The third-order valence-electron chi connectivity index (χ3n) is 3.13. The van der Waals surface area contributed by atoms with E-state index in [-0.39, 0.29) is 18.6 Å². The third-order valence-corrected chi connectivity index (χ3v) is 4.07. The molecule has 0 aliphatic carbocycles. The van der Waals surface area contributed by atoms with Crippen LogP contribution in [0.4, 0.5) is 0 Å². The van der Waals surface area contributed by atoms with Crippen LogP contribution in [0, 0.1) is 0 Å². The maximum absolute atomic E-state index is 11.8. The van der Waals surface area contributed by atoms with Crippen molar-refractivity contribution >= 4 is 17.2 Å². The van der Waals surface area contributed by atoms with Crippen molar-refractivity contribution in [1.29, 1.82) is 0 Å². The minimum atomic E-state index is -0.108. The number of thiophene rings is 1. The number of rotatable bonds is 6. The van der Waals surface area contributed by atoms with Crippen LogP contribution in [0.5, 0.6) is 0 Å². The molecule has 0 spiro atoms. The van der Waals surface area contributed by atoms with Crippen LogP contribution in [0.3, 0.4) is 0 Å². The minimum Gasteiger partial charge on any atom is -0.375 e. The smallest absolute Gasteiger partial charge is 0.246 e. The van der Waals surface area contributed by atoms with E-state index < -0.39 is 0 Å². The first-order valence-electron chi connectivity index (χ1n) is 6.65. The Bertz CT molecular complexity index is 534. The van der Waals surface area contributed by atoms with E-state index in [0.717, 1.165) is 16.9 Å². The number of ether oxygens (including phenoxy) is 1. The fourth-order valence-electron chi connectivity index (χ4n) is 2.05. The molecule has 3 nitrogen and oxygen atoms in total. The van der Waals surface area contributed by atoms with E-state index in [1.807, 2.05) is 17.5 Å². The summed E-state index contributed by atoms with van der Waals surface area (Å²) < 4.78 is 4.89. The van der Waals surface area contributed by atoms with E-state index in [4.69, 9.17) is 4.74 Å². The molecule has 1 heterocycles. The molecule has 1 unspecified atom stereocenters. The van der Waals surface area contributed by atoms with Crippen LogP contribution in [0.2, 0.25) is 0 Å². The Morgan fingerprint density at radius 1 is 1.30 bits per heavy atom. The molecular weight excluding hydrogens is 270 g/mol. The first kappa shape index (κ1) is 14.8. The standard InChI is InChI=1S/C16H19NO2S/c1-3-12-6-8-13(9-7-12)16(14-5-4-10-20-14)17-15(18)11-19-2/h4-10,16H,3,11H2,1-2H3,(H,17,18). The van der Waals surface area contributed by atoms with Crippen LogP contribution in [0.1, 0.15) is 29.0 Å². The van der Waals surface area contributed by atoms with Crippen molar-refractivity contribution in [3.05, 3.63) is 57.8 Å². The second-order valence-corrected chi connectivity index (χ2v) is 5.52. The van der Waals surface area contributed by atoms with E-state index in [9.17, 15) is 4.79 Å². The SMILES string of the molecule is CCc1ccc(C(NC(=O)COC)c2cccs2)cc1. The van der Waals surface area contributed by atoms with Gasteiger partial charge in [-0.05, 0) is 29.0 Å². The summed E-state index contributed by atoms with van der Waals surface area (Å²) in [6.07, 6.45) is 1.01. The highest BCUT2D eigenvalue weighted by atomic mass is 32.1. The van der Waals surface area contributed by atoms with E-state index in [1.54, 1.807) is 11.3 Å². The normalized spacial score (nSPS) is 12.1. The average molecular weight is 289 g/mol. The van der Waals surface area contributed by atoms with E-state index >= 15 is 0 Å². The summed E-state index contributed by atoms with van der Waals surface area (Å²) in [4.78, 5) is 12.9. The van der Waals surface area contributed by atoms with Crippen molar-refractivity contribution in [2.75, 3.05) is 13.7 Å². The molecular formula is C16H19NO2S. The van der Waals surface area contributed by atoms with E-state index in [1.165, 1.54) is 12.7 Å². The van der Waals surface area contributed by atoms with Crippen LogP contribution >= 0.6 is 11.3 Å². The van der Waals surface area contributed by atoms with Crippen LogP contribution in [-0.2, 0) is 16.0 Å². The van der Waals surface area contributed by atoms with Gasteiger partial charge in [-0.25, -0.2) is 0 Å². The Hall–Kier alpha value is -1.65. The van der Waals surface area contributed by atoms with Gasteiger partial charge < -0.3 is 10.1 Å². The summed E-state index contributed by atoms with van der Waals surface area (Å²) in [5, 5.41) is 5.04. The van der Waals surface area contributed by atoms with Gasteiger partial charge in [0.1, 0.15) is 6.61 Å². The van der Waals surface area contributed by atoms with Gasteiger partial charge in [-0.2, -0.15) is 0 Å². The molecule has 0 bridgehead atoms. The van der Waals surface area contributed by atoms with Gasteiger partial charge in [0.2, 0.25) is 5.91 Å². The lowest BCUT2D eigenvalue weighted by Gasteiger charge is -2.18. The second-order valence-electron chi connectivity index (χ2n) is 4.54. The maximum atomic E-state index is 11.8. The van der Waals surface area contributed by atoms with Gasteiger partial charge in [-0.15, -0.1) is 11.3 Å². The third kappa shape index (κ3) is 3.68. The summed E-state index contributed by atoms with van der Waals surface area (Å²) in [6, 6.07) is 12.3. The van der Waals surface area contributed by atoms with Crippen molar-refractivity contribution in [1.82, 2.24) is 5.32 Å². The van der Waals surface area contributed by atoms with Crippen molar-refractivity contribution in [3.8, 4) is 0 Å². The zero-order valence-electron chi connectivity index (χ0n) is 11.8. The van der Waals surface area contributed by atoms with Gasteiger partial charge in [0.05, 0.1) is 6.04 Å². The predicted molar refractivity (Wildman–Crippen MR) is 82.0 cm³/mol. The molecule has 20 heavy (non-hydrogen) atoms. The van der Waals surface area contributed by atoms with Crippen molar-refractivity contribution < 1.29 is 9.53 Å². The predicted octanol–water partition coefficient (Wildman–Crippen LogP) is 3.16. The molecule has 1 aromatic heterocycles. The Labute approximate surface area is 123 Å². The summed E-state index contributed by atoms with van der Waals surface area (Å²) in [5.74, 6) is -0.106. The summed E-state index contributed by atoms with van der Waals surface area (Å²) in [5.41, 5.74) is 2.39. The van der Waals surface area contributed by atoms with E-state index in [0.29, 0.717) is 0 Å². The molecule has 0 saturated heterocycles. The van der Waals surface area contributed by atoms with Crippen molar-refractivity contribution in [3.63, 3.8) is 0 Å². The largest absolute Gasteiger partial charge is 0.375 e. The lowest BCUT2D eigenvalue weighted by Crippen LogP contribution is -2.31. The van der Waals surface area contributed by atoms with Gasteiger partial charge in [0.25, 0.3) is 0 Å². The van der Waals surface area contributed by atoms with Gasteiger partial charge in [0.15, 0.2) is 0 Å². The number of hydrogen-bond donors (Lipinski definition) is 1. The van der Waals surface area contributed by atoms with Crippen molar-refractivity contribution in [2.24, 2.45) is 0 Å². The number of carbonyl (C=O) groups is 1. The monoisotopic (exact) mass is 289 g/mol. The molecule has 2 aromatic rings. The van der Waals surface area contributed by atoms with Crippen LogP contribution in [0.15, 0.2) is 41.8 Å². The Kier molecular flexibility index (Phi) is 5.32. The highest BCUT2D eigenvalue weighted by molar-refractivity contribution is 7.10. The minimum absolute atomic E-state index is 0.0783. The number of methoxy groups -OCH3 is 1. The summed E-state index contributed by atoms with van der Waals surface area (Å²) >= 11 is 1.64. The molecule has 2 rings (SSSR count). The molecule has 1 atom stereocenters. The highest BCUT2D eigenvalue weighted by Crippen LogP contribution is 2.26. The van der Waals surface area contributed by atoms with Gasteiger partial charge in [-0.1, -0.05) is 37.3 Å². The van der Waals surface area contributed by atoms with Gasteiger partial charge >= 0.3 is 0 Å². The van der Waals surface area contributed by atoms with Crippen LogP contribution in [0.25, 0.3) is 0 Å². The molecule has 1 aromatic carbocycles. The molecule has 0 aliphatic rings. The van der Waals surface area contributed by atoms with E-state index in [2.05, 4.69) is 36.5 Å². The Morgan fingerprint density at radius 3 is 2.60 bits per heavy atom. The van der Waals surface area contributed by atoms with Crippen LogP contribution in [-0.4, -0.2) is 19.6 Å². The molecule has 4 heteroatoms. The van der Waals surface area contributed by atoms with Crippen molar-refractivity contribution in [2.45, 2.75) is 19.4 Å². The number of amides is 1. The lowest BCUT2D eigenvalue weighted by molar-refractivity contribution is -0.125. The highest BCUT2D eigenvalue weighted by Gasteiger charge is 2.17. The summed E-state index contributed by atoms with van der Waals surface area (Å²) in [7, 11) is 1.52. The molecule has 1 N–H and O–H groups in total. The molecule has 0 saturated carbocycles. The molecule has 1 amide bonds. The molecule has 0 radical (unpaired) electrons. The number of nitrogens with one attached hydrogen (secondary N) is 1. The van der Waals surface area contributed by atoms with Crippen LogP contribution < -0.4 is 5.32 Å². The quantitative estimate of drug-likeness (QED) is 0.887. The summed E-state index contributed by atoms with van der Waals surface area (Å²) in [6.45, 7) is 2.21. The fourth-order valence-corrected chi connectivity index (χ4v) is 2.86. The molecule has 106 valence electrons. The Balaban J connectivity index is 2.23. The molecule has 0 aliphatic heterocycles. The first-order chi connectivity index (χ1) is 9.74. The lowest BCUT2D eigenvalue weighted by atomic mass is 10.0. The fraction of sp³-hybridized carbons (Fsp3) is 0.312. The topological polar surface area (TPSA) is 38.3 Å². The zero-order chi connectivity index (χ0) is 14.4. The van der Waals surface area contributed by atoms with Gasteiger partial charge in [-0.3, -0.25) is 4.79 Å².